The Morgan fingerprint density at radius 3 is 2.43 bits per heavy atom. The number of hydrogen-bond acceptors (Lipinski definition) is 6. The van der Waals surface area contributed by atoms with E-state index in [1.54, 1.807) is 4.90 Å². The number of hydrogen-bond donors (Lipinski definition) is 0. The molecule has 0 spiro atoms. The Morgan fingerprint density at radius 2 is 1.82 bits per heavy atom. The van der Waals surface area contributed by atoms with Gasteiger partial charge in [-0.25, -0.2) is 14.6 Å². The van der Waals surface area contributed by atoms with E-state index in [-0.39, 0.29) is 17.5 Å². The summed E-state index contributed by atoms with van der Waals surface area (Å²) in [5.74, 6) is 0.511. The summed E-state index contributed by atoms with van der Waals surface area (Å²) in [7, 11) is 1.45. The van der Waals surface area contributed by atoms with E-state index >= 15 is 0 Å². The largest absolute Gasteiger partial charge is 0.417 e. The predicted octanol–water partition coefficient (Wildman–Crippen LogP) is 2.21. The average molecular weight is 394 g/mol. The third-order valence-electron chi connectivity index (χ3n) is 4.57. The lowest BCUT2D eigenvalue weighted by molar-refractivity contribution is -0.0553. The minimum Gasteiger partial charge on any atom is -0.417 e. The first-order chi connectivity index (χ1) is 13.2. The van der Waals surface area contributed by atoms with Gasteiger partial charge in [-0.05, 0) is 18.9 Å². The number of aryl methyl sites for hydroxylation is 2. The monoisotopic (exact) mass is 394 g/mol. The number of halogens is 2. The first-order valence-corrected chi connectivity index (χ1v) is 9.13. The van der Waals surface area contributed by atoms with Crippen LogP contribution in [-0.2, 0) is 7.05 Å². The lowest BCUT2D eigenvalue weighted by Gasteiger charge is -2.34. The SMILES string of the molecule is Cc1cc(C(C)C)nc(N2CCN(C(=O)c3cc(OC(F)F)n(C)n3)CC2)n1. The Bertz CT molecular complexity index is 847. The summed E-state index contributed by atoms with van der Waals surface area (Å²) in [5.41, 5.74) is 1.98. The molecule has 1 aliphatic heterocycles. The molecule has 0 aromatic carbocycles. The van der Waals surface area contributed by atoms with E-state index in [1.807, 2.05) is 17.9 Å². The van der Waals surface area contributed by atoms with Gasteiger partial charge in [0, 0.05) is 50.7 Å². The lowest BCUT2D eigenvalue weighted by atomic mass is 10.1. The molecule has 0 unspecified atom stereocenters. The number of alkyl halides is 2. The summed E-state index contributed by atoms with van der Waals surface area (Å²) in [4.78, 5) is 25.5. The Morgan fingerprint density at radius 1 is 1.14 bits per heavy atom. The van der Waals surface area contributed by atoms with Crippen LogP contribution in [0.3, 0.4) is 0 Å². The molecule has 2 aromatic heterocycles. The smallest absolute Gasteiger partial charge is 0.388 e. The van der Waals surface area contributed by atoms with Crippen LogP contribution in [0.4, 0.5) is 14.7 Å². The highest BCUT2D eigenvalue weighted by molar-refractivity contribution is 5.92. The van der Waals surface area contributed by atoms with E-state index in [4.69, 9.17) is 0 Å². The number of nitrogens with zero attached hydrogens (tertiary/aromatic N) is 6. The van der Waals surface area contributed by atoms with E-state index in [0.29, 0.717) is 38.0 Å². The van der Waals surface area contributed by atoms with Gasteiger partial charge < -0.3 is 14.5 Å². The molecule has 0 bridgehead atoms. The number of anilines is 1. The molecule has 8 nitrogen and oxygen atoms in total. The molecule has 0 N–H and O–H groups in total. The number of amides is 1. The van der Waals surface area contributed by atoms with E-state index in [1.165, 1.54) is 13.1 Å². The first kappa shape index (κ1) is 20.0. The van der Waals surface area contributed by atoms with Crippen LogP contribution in [0.5, 0.6) is 5.88 Å². The van der Waals surface area contributed by atoms with Crippen molar-refractivity contribution in [3.8, 4) is 5.88 Å². The van der Waals surface area contributed by atoms with Crippen LogP contribution in [0.1, 0.15) is 41.6 Å². The summed E-state index contributed by atoms with van der Waals surface area (Å²) in [6, 6.07) is 3.22. The van der Waals surface area contributed by atoms with Crippen molar-refractivity contribution < 1.29 is 18.3 Å². The zero-order valence-corrected chi connectivity index (χ0v) is 16.4. The Labute approximate surface area is 162 Å². The summed E-state index contributed by atoms with van der Waals surface area (Å²) in [6.07, 6.45) is 0. The highest BCUT2D eigenvalue weighted by Crippen LogP contribution is 2.20. The van der Waals surface area contributed by atoms with Crippen LogP contribution < -0.4 is 9.64 Å². The van der Waals surface area contributed by atoms with Crippen molar-refractivity contribution in [1.29, 1.82) is 0 Å². The normalized spacial score (nSPS) is 14.9. The number of piperazine rings is 1. The topological polar surface area (TPSA) is 76.4 Å². The van der Waals surface area contributed by atoms with Crippen molar-refractivity contribution in [2.45, 2.75) is 33.3 Å². The second-order valence-corrected chi connectivity index (χ2v) is 7.04. The molecular weight excluding hydrogens is 370 g/mol. The molecule has 2 aromatic rings. The van der Waals surface area contributed by atoms with Crippen LogP contribution in [-0.4, -0.2) is 63.3 Å². The highest BCUT2D eigenvalue weighted by atomic mass is 19.3. The molecule has 0 saturated carbocycles. The standard InChI is InChI=1S/C18H24F2N6O2/c1-11(2)13-9-12(3)21-18(22-13)26-7-5-25(6-8-26)16(27)14-10-15(24(4)23-14)28-17(19)20/h9-11,17H,5-8H2,1-4H3. The average Bonchev–Trinajstić information content (AvgIpc) is 3.00. The third-order valence-corrected chi connectivity index (χ3v) is 4.57. The van der Waals surface area contributed by atoms with E-state index < -0.39 is 6.61 Å². The van der Waals surface area contributed by atoms with Gasteiger partial charge in [0.2, 0.25) is 11.8 Å². The van der Waals surface area contributed by atoms with Crippen LogP contribution in [0.2, 0.25) is 0 Å². The number of carbonyl (C=O) groups excluding carboxylic acids is 1. The fourth-order valence-electron chi connectivity index (χ4n) is 3.04. The number of rotatable bonds is 5. The second kappa shape index (κ2) is 8.07. The molecule has 1 fully saturated rings. The maximum absolute atomic E-state index is 12.6. The molecule has 152 valence electrons. The minimum absolute atomic E-state index is 0.0838. The van der Waals surface area contributed by atoms with Gasteiger partial charge in [0.1, 0.15) is 0 Å². The summed E-state index contributed by atoms with van der Waals surface area (Å²) >= 11 is 0. The molecule has 3 rings (SSSR count). The van der Waals surface area contributed by atoms with E-state index in [2.05, 4.69) is 33.7 Å². The van der Waals surface area contributed by atoms with Gasteiger partial charge in [-0.3, -0.25) is 4.79 Å². The number of ether oxygens (including phenoxy) is 1. The second-order valence-electron chi connectivity index (χ2n) is 7.04. The van der Waals surface area contributed by atoms with Crippen LogP contribution >= 0.6 is 0 Å². The zero-order chi connectivity index (χ0) is 20.4. The molecule has 28 heavy (non-hydrogen) atoms. The fraction of sp³-hybridized carbons (Fsp3) is 0.556. The molecule has 1 amide bonds. The number of carbonyl (C=O) groups is 1. The summed E-state index contributed by atoms with van der Waals surface area (Å²) < 4.78 is 30.3. The summed E-state index contributed by atoms with van der Waals surface area (Å²) in [5, 5.41) is 3.99. The van der Waals surface area contributed by atoms with Gasteiger partial charge in [-0.2, -0.15) is 13.9 Å². The van der Waals surface area contributed by atoms with E-state index in [9.17, 15) is 13.6 Å². The van der Waals surface area contributed by atoms with Crippen molar-refractivity contribution in [3.05, 3.63) is 29.2 Å². The van der Waals surface area contributed by atoms with Gasteiger partial charge in [-0.15, -0.1) is 0 Å². The maximum Gasteiger partial charge on any atom is 0.388 e. The van der Waals surface area contributed by atoms with Crippen molar-refractivity contribution in [3.63, 3.8) is 0 Å². The van der Waals surface area contributed by atoms with E-state index in [0.717, 1.165) is 16.1 Å². The minimum atomic E-state index is -2.97. The van der Waals surface area contributed by atoms with Crippen molar-refractivity contribution in [2.24, 2.45) is 7.05 Å². The molecule has 1 aliphatic rings. The molecule has 10 heteroatoms. The lowest BCUT2D eigenvalue weighted by Crippen LogP contribution is -2.49. The molecule has 1 saturated heterocycles. The highest BCUT2D eigenvalue weighted by Gasteiger charge is 2.26. The first-order valence-electron chi connectivity index (χ1n) is 9.13. The summed E-state index contributed by atoms with van der Waals surface area (Å²) in [6.45, 7) is 5.24. The van der Waals surface area contributed by atoms with Crippen molar-refractivity contribution >= 4 is 11.9 Å². The van der Waals surface area contributed by atoms with Crippen molar-refractivity contribution in [1.82, 2.24) is 24.6 Å². The Balaban J connectivity index is 1.66. The third kappa shape index (κ3) is 4.37. The van der Waals surface area contributed by atoms with Crippen LogP contribution in [0.15, 0.2) is 12.1 Å². The molecule has 0 aliphatic carbocycles. The van der Waals surface area contributed by atoms with Gasteiger partial charge in [0.15, 0.2) is 5.69 Å². The van der Waals surface area contributed by atoms with Gasteiger partial charge in [0.25, 0.3) is 5.91 Å². The zero-order valence-electron chi connectivity index (χ0n) is 16.4. The Kier molecular flexibility index (Phi) is 5.76. The van der Waals surface area contributed by atoms with Crippen molar-refractivity contribution in [2.75, 3.05) is 31.1 Å². The fourth-order valence-corrected chi connectivity index (χ4v) is 3.04. The van der Waals surface area contributed by atoms with Gasteiger partial charge in [-0.1, -0.05) is 13.8 Å². The maximum atomic E-state index is 12.6. The quantitative estimate of drug-likeness (QED) is 0.774. The van der Waals surface area contributed by atoms with Crippen LogP contribution in [0, 0.1) is 6.92 Å². The Hall–Kier alpha value is -2.78. The predicted molar refractivity (Wildman–Crippen MR) is 98.8 cm³/mol. The molecule has 0 radical (unpaired) electrons. The molecular formula is C18H24F2N6O2. The number of aromatic nitrogens is 4. The van der Waals surface area contributed by atoms with Crippen LogP contribution in [0.25, 0.3) is 0 Å². The van der Waals surface area contributed by atoms with Gasteiger partial charge >= 0.3 is 6.61 Å². The van der Waals surface area contributed by atoms with Gasteiger partial charge in [0.05, 0.1) is 0 Å². The molecule has 0 atom stereocenters. The molecule has 3 heterocycles.